The third-order valence-electron chi connectivity index (χ3n) is 4.45. The molecule has 7 nitrogen and oxygen atoms in total. The number of hydrogen-bond donors (Lipinski definition) is 3. The van der Waals surface area contributed by atoms with E-state index in [1.54, 1.807) is 36.4 Å². The summed E-state index contributed by atoms with van der Waals surface area (Å²) in [4.78, 5) is 41.0. The minimum absolute atomic E-state index is 0.0705. The van der Waals surface area contributed by atoms with Crippen LogP contribution in [0.4, 0.5) is 17.1 Å². The third kappa shape index (κ3) is 4.63. The number of aromatic nitrogens is 1. The van der Waals surface area contributed by atoms with Gasteiger partial charge in [0.1, 0.15) is 17.5 Å². The molecule has 1 heterocycles. The molecule has 3 rings (SSSR count). The van der Waals surface area contributed by atoms with Crippen molar-refractivity contribution in [3.05, 3.63) is 78.8 Å². The van der Waals surface area contributed by atoms with E-state index >= 15 is 0 Å². The van der Waals surface area contributed by atoms with Crippen LogP contribution in [0.3, 0.4) is 0 Å². The molecule has 0 radical (unpaired) electrons. The number of carbonyl (C=O) groups excluding carboxylic acids is 1. The molecule has 9 heteroatoms. The molecule has 156 valence electrons. The van der Waals surface area contributed by atoms with Crippen LogP contribution in [0.5, 0.6) is 0 Å². The van der Waals surface area contributed by atoms with Crippen LogP contribution in [0.2, 0.25) is 10.2 Å². The molecular weight excluding hydrogens is 427 g/mol. The molecule has 0 spiro atoms. The SMILES string of the molecule is CC(C)(C)C(NC(=O)c1cccc(Cl)c1)Nc1c(Nc2cccnc2Cl)c(=O)c1=O. The van der Waals surface area contributed by atoms with Gasteiger partial charge in [0.25, 0.3) is 16.8 Å². The minimum Gasteiger partial charge on any atom is -0.360 e. The Hall–Kier alpha value is -2.90. The predicted molar refractivity (Wildman–Crippen MR) is 120 cm³/mol. The van der Waals surface area contributed by atoms with Gasteiger partial charge in [-0.05, 0) is 30.3 Å². The zero-order chi connectivity index (χ0) is 22.1. The standard InChI is InChI=1S/C21H20Cl2N4O3/c1-21(2,3)20(27-19(30)11-6-4-7-12(22)10-11)26-15-14(16(28)17(15)29)25-13-8-5-9-24-18(13)23/h4-10,20,25-26H,1-3H3,(H,27,30). The largest absolute Gasteiger partial charge is 0.360 e. The fourth-order valence-corrected chi connectivity index (χ4v) is 3.08. The van der Waals surface area contributed by atoms with Crippen LogP contribution in [0.1, 0.15) is 31.1 Å². The van der Waals surface area contributed by atoms with Gasteiger partial charge < -0.3 is 16.0 Å². The first kappa shape index (κ1) is 21.8. The average molecular weight is 447 g/mol. The number of nitrogens with one attached hydrogen (secondary N) is 3. The Labute approximate surface area is 183 Å². The van der Waals surface area contributed by atoms with Gasteiger partial charge in [0, 0.05) is 22.2 Å². The maximum absolute atomic E-state index is 12.7. The Morgan fingerprint density at radius 1 is 1.03 bits per heavy atom. The third-order valence-corrected chi connectivity index (χ3v) is 4.98. The molecule has 1 atom stereocenters. The van der Waals surface area contributed by atoms with Crippen molar-refractivity contribution in [3.63, 3.8) is 0 Å². The van der Waals surface area contributed by atoms with E-state index in [-0.39, 0.29) is 22.4 Å². The molecular formula is C21H20Cl2N4O3. The second-order valence-electron chi connectivity index (χ2n) is 7.80. The van der Waals surface area contributed by atoms with E-state index < -0.39 is 22.4 Å². The quantitative estimate of drug-likeness (QED) is 0.301. The molecule has 0 aliphatic carbocycles. The Kier molecular flexibility index (Phi) is 6.14. The highest BCUT2D eigenvalue weighted by Gasteiger charge is 2.31. The molecule has 1 amide bonds. The highest BCUT2D eigenvalue weighted by Crippen LogP contribution is 2.28. The number of benzene rings is 1. The topological polar surface area (TPSA) is 100 Å². The summed E-state index contributed by atoms with van der Waals surface area (Å²) >= 11 is 12.0. The summed E-state index contributed by atoms with van der Waals surface area (Å²) in [7, 11) is 0. The molecule has 1 unspecified atom stereocenters. The summed E-state index contributed by atoms with van der Waals surface area (Å²) in [6.45, 7) is 5.67. The number of hydrogen-bond acceptors (Lipinski definition) is 6. The lowest BCUT2D eigenvalue weighted by Gasteiger charge is -2.33. The van der Waals surface area contributed by atoms with Gasteiger partial charge in [-0.15, -0.1) is 0 Å². The van der Waals surface area contributed by atoms with E-state index in [9.17, 15) is 14.4 Å². The van der Waals surface area contributed by atoms with Crippen molar-refractivity contribution in [2.75, 3.05) is 10.6 Å². The van der Waals surface area contributed by atoms with Crippen LogP contribution in [0.25, 0.3) is 0 Å². The van der Waals surface area contributed by atoms with E-state index in [1.807, 2.05) is 20.8 Å². The predicted octanol–water partition coefficient (Wildman–Crippen LogP) is 3.94. The van der Waals surface area contributed by atoms with Gasteiger partial charge in [0.15, 0.2) is 5.15 Å². The van der Waals surface area contributed by atoms with Crippen LogP contribution < -0.4 is 26.8 Å². The number of anilines is 3. The minimum atomic E-state index is -0.677. The number of rotatable bonds is 6. The fraction of sp³-hybridized carbons (Fsp3) is 0.238. The number of nitrogens with zero attached hydrogens (tertiary/aromatic N) is 1. The first-order chi connectivity index (χ1) is 14.1. The Bertz CT molecular complexity index is 1160. The summed E-state index contributed by atoms with van der Waals surface area (Å²) in [5.74, 6) is -0.367. The summed E-state index contributed by atoms with van der Waals surface area (Å²) in [6, 6.07) is 9.81. The zero-order valence-corrected chi connectivity index (χ0v) is 18.1. The molecule has 3 aromatic rings. The Balaban J connectivity index is 1.85. The zero-order valence-electron chi connectivity index (χ0n) is 16.5. The molecule has 0 fully saturated rings. The first-order valence-corrected chi connectivity index (χ1v) is 9.87. The summed E-state index contributed by atoms with van der Waals surface area (Å²) in [5, 5.41) is 9.30. The van der Waals surface area contributed by atoms with Crippen LogP contribution in [0, 0.1) is 5.41 Å². The van der Waals surface area contributed by atoms with Crippen molar-refractivity contribution < 1.29 is 4.79 Å². The molecule has 30 heavy (non-hydrogen) atoms. The van der Waals surface area contributed by atoms with E-state index in [1.165, 1.54) is 6.20 Å². The highest BCUT2D eigenvalue weighted by molar-refractivity contribution is 6.32. The van der Waals surface area contributed by atoms with Gasteiger partial charge in [-0.2, -0.15) is 0 Å². The smallest absolute Gasteiger partial charge is 0.253 e. The lowest BCUT2D eigenvalue weighted by Crippen LogP contribution is -2.51. The number of halogens is 2. The maximum Gasteiger partial charge on any atom is 0.253 e. The molecule has 0 bridgehead atoms. The van der Waals surface area contributed by atoms with Gasteiger partial charge in [0.05, 0.1) is 5.69 Å². The lowest BCUT2D eigenvalue weighted by atomic mass is 9.91. The molecule has 0 saturated carbocycles. The van der Waals surface area contributed by atoms with E-state index in [0.717, 1.165) is 0 Å². The van der Waals surface area contributed by atoms with E-state index in [4.69, 9.17) is 23.2 Å². The van der Waals surface area contributed by atoms with Crippen molar-refractivity contribution in [3.8, 4) is 0 Å². The summed E-state index contributed by atoms with van der Waals surface area (Å²) in [5.41, 5.74) is -0.923. The molecule has 0 saturated heterocycles. The second-order valence-corrected chi connectivity index (χ2v) is 8.60. The van der Waals surface area contributed by atoms with Gasteiger partial charge in [-0.25, -0.2) is 4.98 Å². The van der Waals surface area contributed by atoms with E-state index in [0.29, 0.717) is 16.3 Å². The second kappa shape index (κ2) is 8.45. The van der Waals surface area contributed by atoms with Crippen molar-refractivity contribution in [1.29, 1.82) is 0 Å². The Morgan fingerprint density at radius 3 is 2.37 bits per heavy atom. The van der Waals surface area contributed by atoms with Crippen LogP contribution >= 0.6 is 23.2 Å². The van der Waals surface area contributed by atoms with Crippen molar-refractivity contribution in [2.24, 2.45) is 5.41 Å². The molecule has 0 aliphatic rings. The number of pyridine rings is 1. The van der Waals surface area contributed by atoms with Gasteiger partial charge >= 0.3 is 0 Å². The van der Waals surface area contributed by atoms with Crippen LogP contribution in [-0.2, 0) is 0 Å². The maximum atomic E-state index is 12.7. The van der Waals surface area contributed by atoms with Gasteiger partial charge in [-0.3, -0.25) is 14.4 Å². The normalized spacial score (nSPS) is 12.4. The van der Waals surface area contributed by atoms with Gasteiger partial charge in [0.2, 0.25) is 0 Å². The van der Waals surface area contributed by atoms with Crippen molar-refractivity contribution >= 4 is 46.2 Å². The van der Waals surface area contributed by atoms with Crippen LogP contribution in [0.15, 0.2) is 52.2 Å². The molecule has 0 aliphatic heterocycles. The number of carbonyl (C=O) groups is 1. The summed E-state index contributed by atoms with van der Waals surface area (Å²) in [6.07, 6.45) is 0.854. The molecule has 3 N–H and O–H groups in total. The van der Waals surface area contributed by atoms with Gasteiger partial charge in [-0.1, -0.05) is 50.0 Å². The van der Waals surface area contributed by atoms with Crippen molar-refractivity contribution in [1.82, 2.24) is 10.3 Å². The van der Waals surface area contributed by atoms with Crippen molar-refractivity contribution in [2.45, 2.75) is 26.9 Å². The lowest BCUT2D eigenvalue weighted by molar-refractivity contribution is 0.0913. The monoisotopic (exact) mass is 446 g/mol. The molecule has 1 aromatic heterocycles. The molecule has 2 aromatic carbocycles. The van der Waals surface area contributed by atoms with E-state index in [2.05, 4.69) is 20.9 Å². The average Bonchev–Trinajstić information content (AvgIpc) is 2.69. The number of amides is 1. The fourth-order valence-electron chi connectivity index (χ4n) is 2.72. The highest BCUT2D eigenvalue weighted by atomic mass is 35.5. The summed E-state index contributed by atoms with van der Waals surface area (Å²) < 4.78 is 0. The van der Waals surface area contributed by atoms with Crippen LogP contribution in [-0.4, -0.2) is 17.1 Å². The first-order valence-electron chi connectivity index (χ1n) is 9.11. The Morgan fingerprint density at radius 2 is 1.73 bits per heavy atom.